The standard InChI is InChI=1S/C18H22N2O5S/c1-24-15-10-8-14(9-11-15)20(26(3,22)23)13-12-19-18(21)16-6-4-5-7-17(16)25-2/h4-11H,12-13H2,1-3H3,(H,19,21). The molecule has 0 aliphatic carbocycles. The molecule has 2 aromatic carbocycles. The fourth-order valence-electron chi connectivity index (χ4n) is 2.43. The van der Waals surface area contributed by atoms with Crippen molar-refractivity contribution in [2.45, 2.75) is 0 Å². The van der Waals surface area contributed by atoms with Crippen LogP contribution in [-0.4, -0.2) is 47.9 Å². The first kappa shape index (κ1) is 19.6. The zero-order valence-corrected chi connectivity index (χ0v) is 15.7. The number of carbonyl (C=O) groups is 1. The van der Waals surface area contributed by atoms with Crippen LogP contribution in [0, 0.1) is 0 Å². The van der Waals surface area contributed by atoms with E-state index in [2.05, 4.69) is 5.32 Å². The molecular weight excluding hydrogens is 356 g/mol. The summed E-state index contributed by atoms with van der Waals surface area (Å²) in [5.74, 6) is 0.762. The first-order chi connectivity index (χ1) is 12.4. The summed E-state index contributed by atoms with van der Waals surface area (Å²) in [7, 11) is -0.471. The molecule has 140 valence electrons. The fraction of sp³-hybridized carbons (Fsp3) is 0.278. The van der Waals surface area contributed by atoms with E-state index in [1.54, 1.807) is 48.5 Å². The number of sulfonamides is 1. The van der Waals surface area contributed by atoms with Gasteiger partial charge >= 0.3 is 0 Å². The van der Waals surface area contributed by atoms with Gasteiger partial charge in [0.15, 0.2) is 0 Å². The van der Waals surface area contributed by atoms with E-state index in [9.17, 15) is 13.2 Å². The molecule has 0 saturated heterocycles. The summed E-state index contributed by atoms with van der Waals surface area (Å²) >= 11 is 0. The number of nitrogens with zero attached hydrogens (tertiary/aromatic N) is 1. The van der Waals surface area contributed by atoms with Gasteiger partial charge in [0.1, 0.15) is 11.5 Å². The SMILES string of the molecule is COc1ccc(N(CCNC(=O)c2ccccc2OC)S(C)(=O)=O)cc1. The zero-order chi connectivity index (χ0) is 19.2. The Balaban J connectivity index is 2.07. The zero-order valence-electron chi connectivity index (χ0n) is 14.9. The van der Waals surface area contributed by atoms with Crippen LogP contribution in [0.5, 0.6) is 11.5 Å². The fourth-order valence-corrected chi connectivity index (χ4v) is 3.36. The Kier molecular flexibility index (Phi) is 6.46. The number of anilines is 1. The van der Waals surface area contributed by atoms with Gasteiger partial charge in [-0.15, -0.1) is 0 Å². The van der Waals surface area contributed by atoms with Crippen LogP contribution in [0.15, 0.2) is 48.5 Å². The summed E-state index contributed by atoms with van der Waals surface area (Å²) in [5.41, 5.74) is 0.894. The van der Waals surface area contributed by atoms with Crippen molar-refractivity contribution in [3.05, 3.63) is 54.1 Å². The number of hydrogen-bond acceptors (Lipinski definition) is 5. The summed E-state index contributed by atoms with van der Waals surface area (Å²) < 4.78 is 35.7. The molecule has 0 bridgehead atoms. The van der Waals surface area contributed by atoms with E-state index in [0.29, 0.717) is 22.7 Å². The Labute approximate surface area is 153 Å². The van der Waals surface area contributed by atoms with Gasteiger partial charge < -0.3 is 14.8 Å². The molecule has 0 saturated carbocycles. The minimum atomic E-state index is -3.50. The number of hydrogen-bond donors (Lipinski definition) is 1. The Morgan fingerprint density at radius 2 is 1.69 bits per heavy atom. The van der Waals surface area contributed by atoms with Crippen LogP contribution >= 0.6 is 0 Å². The molecule has 0 radical (unpaired) electrons. The highest BCUT2D eigenvalue weighted by molar-refractivity contribution is 7.92. The average Bonchev–Trinajstić information content (AvgIpc) is 2.64. The van der Waals surface area contributed by atoms with Crippen LogP contribution in [0.4, 0.5) is 5.69 Å². The van der Waals surface area contributed by atoms with Crippen molar-refractivity contribution in [1.29, 1.82) is 0 Å². The summed E-state index contributed by atoms with van der Waals surface area (Å²) in [5, 5.41) is 2.72. The lowest BCUT2D eigenvalue weighted by Gasteiger charge is -2.22. The van der Waals surface area contributed by atoms with Gasteiger partial charge in [-0.1, -0.05) is 12.1 Å². The number of nitrogens with one attached hydrogen (secondary N) is 1. The molecule has 2 rings (SSSR count). The third kappa shape index (κ3) is 4.89. The number of para-hydroxylation sites is 1. The first-order valence-electron chi connectivity index (χ1n) is 7.90. The lowest BCUT2D eigenvalue weighted by atomic mass is 10.2. The highest BCUT2D eigenvalue weighted by Crippen LogP contribution is 2.21. The van der Waals surface area contributed by atoms with E-state index >= 15 is 0 Å². The summed E-state index contributed by atoms with van der Waals surface area (Å²) in [6, 6.07) is 13.5. The molecule has 1 amide bonds. The molecule has 7 nitrogen and oxygen atoms in total. The van der Waals surface area contributed by atoms with E-state index in [1.807, 2.05) is 0 Å². The third-order valence-corrected chi connectivity index (χ3v) is 4.91. The summed E-state index contributed by atoms with van der Waals surface area (Å²) in [4.78, 5) is 12.3. The van der Waals surface area contributed by atoms with Crippen LogP contribution in [-0.2, 0) is 10.0 Å². The number of carbonyl (C=O) groups excluding carboxylic acids is 1. The lowest BCUT2D eigenvalue weighted by Crippen LogP contribution is -2.38. The minimum absolute atomic E-state index is 0.103. The number of benzene rings is 2. The molecule has 0 fully saturated rings. The van der Waals surface area contributed by atoms with Crippen molar-refractivity contribution in [3.8, 4) is 11.5 Å². The molecule has 0 heterocycles. The monoisotopic (exact) mass is 378 g/mol. The van der Waals surface area contributed by atoms with Gasteiger partial charge in [-0.2, -0.15) is 0 Å². The second-order valence-electron chi connectivity index (χ2n) is 5.49. The van der Waals surface area contributed by atoms with Gasteiger partial charge in [0, 0.05) is 6.54 Å². The van der Waals surface area contributed by atoms with E-state index < -0.39 is 10.0 Å². The molecule has 8 heteroatoms. The molecule has 0 atom stereocenters. The van der Waals surface area contributed by atoms with Gasteiger partial charge in [-0.05, 0) is 36.4 Å². The maximum absolute atomic E-state index is 12.3. The Morgan fingerprint density at radius 3 is 2.27 bits per heavy atom. The highest BCUT2D eigenvalue weighted by Gasteiger charge is 2.18. The van der Waals surface area contributed by atoms with Gasteiger partial charge in [0.05, 0.1) is 38.3 Å². The van der Waals surface area contributed by atoms with Gasteiger partial charge in [-0.25, -0.2) is 8.42 Å². The van der Waals surface area contributed by atoms with Gasteiger partial charge in [0.25, 0.3) is 5.91 Å². The second-order valence-corrected chi connectivity index (χ2v) is 7.40. The molecule has 0 aromatic heterocycles. The molecule has 26 heavy (non-hydrogen) atoms. The normalized spacial score (nSPS) is 10.9. The molecule has 1 N–H and O–H groups in total. The number of methoxy groups -OCH3 is 2. The van der Waals surface area contributed by atoms with Crippen molar-refractivity contribution >= 4 is 21.6 Å². The smallest absolute Gasteiger partial charge is 0.255 e. The van der Waals surface area contributed by atoms with Crippen LogP contribution in [0.1, 0.15) is 10.4 Å². The molecule has 2 aromatic rings. The maximum Gasteiger partial charge on any atom is 0.255 e. The predicted octanol–water partition coefficient (Wildman–Crippen LogP) is 1.90. The molecule has 0 aliphatic rings. The van der Waals surface area contributed by atoms with Crippen molar-refractivity contribution in [1.82, 2.24) is 5.32 Å². The predicted molar refractivity (Wildman–Crippen MR) is 101 cm³/mol. The van der Waals surface area contributed by atoms with Crippen molar-refractivity contribution in [2.75, 3.05) is 37.9 Å². The van der Waals surface area contributed by atoms with E-state index in [1.165, 1.54) is 18.5 Å². The topological polar surface area (TPSA) is 84.9 Å². The van der Waals surface area contributed by atoms with Crippen molar-refractivity contribution in [3.63, 3.8) is 0 Å². The Hall–Kier alpha value is -2.74. The van der Waals surface area contributed by atoms with Crippen molar-refractivity contribution < 1.29 is 22.7 Å². The quantitative estimate of drug-likeness (QED) is 0.758. The highest BCUT2D eigenvalue weighted by atomic mass is 32.2. The minimum Gasteiger partial charge on any atom is -0.497 e. The van der Waals surface area contributed by atoms with Crippen LogP contribution in [0.3, 0.4) is 0 Å². The number of amides is 1. The Bertz CT molecular complexity index is 850. The van der Waals surface area contributed by atoms with E-state index in [-0.39, 0.29) is 19.0 Å². The van der Waals surface area contributed by atoms with Crippen LogP contribution in [0.25, 0.3) is 0 Å². The number of rotatable bonds is 8. The lowest BCUT2D eigenvalue weighted by molar-refractivity contribution is 0.0952. The van der Waals surface area contributed by atoms with Gasteiger partial charge in [0.2, 0.25) is 10.0 Å². The molecular formula is C18H22N2O5S. The van der Waals surface area contributed by atoms with Crippen molar-refractivity contribution in [2.24, 2.45) is 0 Å². The van der Waals surface area contributed by atoms with Gasteiger partial charge in [-0.3, -0.25) is 9.10 Å². The van der Waals surface area contributed by atoms with Crippen LogP contribution in [0.2, 0.25) is 0 Å². The van der Waals surface area contributed by atoms with E-state index in [4.69, 9.17) is 9.47 Å². The molecule has 0 aliphatic heterocycles. The van der Waals surface area contributed by atoms with Crippen LogP contribution < -0.4 is 19.1 Å². The largest absolute Gasteiger partial charge is 0.497 e. The first-order valence-corrected chi connectivity index (χ1v) is 9.74. The summed E-state index contributed by atoms with van der Waals surface area (Å²) in [6.07, 6.45) is 1.12. The number of ether oxygens (including phenoxy) is 2. The Morgan fingerprint density at radius 1 is 1.04 bits per heavy atom. The second kappa shape index (κ2) is 8.57. The van der Waals surface area contributed by atoms with E-state index in [0.717, 1.165) is 6.26 Å². The average molecular weight is 378 g/mol. The third-order valence-electron chi connectivity index (χ3n) is 3.71. The molecule has 0 spiro atoms. The molecule has 0 unspecified atom stereocenters. The summed E-state index contributed by atoms with van der Waals surface area (Å²) in [6.45, 7) is 0.252. The maximum atomic E-state index is 12.3.